The van der Waals surface area contributed by atoms with E-state index in [2.05, 4.69) is 69.4 Å². The maximum atomic E-state index is 12.6. The smallest absolute Gasteiger partial charge is 0.306 e. The van der Waals surface area contributed by atoms with E-state index in [1.165, 1.54) is 64.2 Å². The Hall–Kier alpha value is -2.63. The third-order valence-corrected chi connectivity index (χ3v) is 9.31. The van der Waals surface area contributed by atoms with Crippen LogP contribution in [0.1, 0.15) is 213 Å². The third-order valence-electron chi connectivity index (χ3n) is 9.31. The van der Waals surface area contributed by atoms with E-state index in [0.717, 1.165) is 109 Å². The molecule has 0 aliphatic carbocycles. The molecule has 53 heavy (non-hydrogen) atoms. The number of ether oxygens (including phenoxy) is 3. The van der Waals surface area contributed by atoms with E-state index in [4.69, 9.17) is 14.2 Å². The summed E-state index contributed by atoms with van der Waals surface area (Å²) < 4.78 is 16.6. The molecule has 306 valence electrons. The van der Waals surface area contributed by atoms with Crippen molar-refractivity contribution in [3.05, 3.63) is 48.6 Å². The highest BCUT2D eigenvalue weighted by atomic mass is 16.6. The van der Waals surface area contributed by atoms with E-state index in [0.29, 0.717) is 19.3 Å². The van der Waals surface area contributed by atoms with Gasteiger partial charge in [-0.2, -0.15) is 0 Å². The fourth-order valence-corrected chi connectivity index (χ4v) is 5.90. The molecule has 0 N–H and O–H groups in total. The number of rotatable bonds is 39. The summed E-state index contributed by atoms with van der Waals surface area (Å²) in [5.41, 5.74) is 0. The highest BCUT2D eigenvalue weighted by Gasteiger charge is 2.19. The number of unbranched alkanes of at least 4 members (excludes halogenated alkanes) is 20. The summed E-state index contributed by atoms with van der Waals surface area (Å²) in [5, 5.41) is 0. The quantitative estimate of drug-likeness (QED) is 0.0270. The minimum absolute atomic E-state index is 0.0847. The minimum atomic E-state index is -0.780. The zero-order chi connectivity index (χ0) is 38.7. The van der Waals surface area contributed by atoms with Crippen molar-refractivity contribution in [3.8, 4) is 0 Å². The highest BCUT2D eigenvalue weighted by Crippen LogP contribution is 2.12. The van der Waals surface area contributed by atoms with Gasteiger partial charge in [0.25, 0.3) is 0 Å². The van der Waals surface area contributed by atoms with Gasteiger partial charge in [-0.05, 0) is 77.0 Å². The molecule has 0 aromatic rings. The molecule has 0 spiro atoms. The van der Waals surface area contributed by atoms with Gasteiger partial charge in [0.1, 0.15) is 13.2 Å². The molecular weight excluding hydrogens is 661 g/mol. The summed E-state index contributed by atoms with van der Waals surface area (Å²) in [4.78, 5) is 37.4. The summed E-state index contributed by atoms with van der Waals surface area (Å²) in [6, 6.07) is 0. The van der Waals surface area contributed by atoms with Crippen molar-refractivity contribution < 1.29 is 28.6 Å². The van der Waals surface area contributed by atoms with E-state index in [1.807, 2.05) is 0 Å². The first-order chi connectivity index (χ1) is 26.0. The fraction of sp³-hybridized carbons (Fsp3) is 0.766. The first kappa shape index (κ1) is 50.4. The average molecular weight is 743 g/mol. The van der Waals surface area contributed by atoms with Gasteiger partial charge in [0.05, 0.1) is 0 Å². The first-order valence-electron chi connectivity index (χ1n) is 22.1. The Bertz CT molecular complexity index is 949. The lowest BCUT2D eigenvalue weighted by Gasteiger charge is -2.18. The van der Waals surface area contributed by atoms with E-state index >= 15 is 0 Å². The van der Waals surface area contributed by atoms with Crippen LogP contribution in [0.15, 0.2) is 48.6 Å². The Morgan fingerprint density at radius 2 is 0.698 bits per heavy atom. The number of hydrogen-bond donors (Lipinski definition) is 0. The molecule has 0 aromatic carbocycles. The molecule has 1 unspecified atom stereocenters. The number of carbonyl (C=O) groups is 3. The Morgan fingerprint density at radius 1 is 0.377 bits per heavy atom. The molecule has 0 aliphatic heterocycles. The van der Waals surface area contributed by atoms with Crippen LogP contribution in [-0.4, -0.2) is 37.2 Å². The van der Waals surface area contributed by atoms with Gasteiger partial charge in [0.2, 0.25) is 0 Å². The van der Waals surface area contributed by atoms with Gasteiger partial charge in [-0.3, -0.25) is 14.4 Å². The molecule has 0 bridgehead atoms. The van der Waals surface area contributed by atoms with Crippen LogP contribution in [0.2, 0.25) is 0 Å². The van der Waals surface area contributed by atoms with Crippen molar-refractivity contribution >= 4 is 17.9 Å². The number of hydrogen-bond acceptors (Lipinski definition) is 6. The molecule has 0 fully saturated rings. The van der Waals surface area contributed by atoms with E-state index in [-0.39, 0.29) is 31.1 Å². The van der Waals surface area contributed by atoms with Crippen molar-refractivity contribution in [2.45, 2.75) is 219 Å². The lowest BCUT2D eigenvalue weighted by Crippen LogP contribution is -2.30. The normalized spacial score (nSPS) is 12.4. The monoisotopic (exact) mass is 743 g/mol. The molecular formula is C47H82O6. The lowest BCUT2D eigenvalue weighted by molar-refractivity contribution is -0.167. The van der Waals surface area contributed by atoms with Gasteiger partial charge in [-0.1, -0.05) is 166 Å². The summed E-state index contributed by atoms with van der Waals surface area (Å²) >= 11 is 0. The van der Waals surface area contributed by atoms with Gasteiger partial charge >= 0.3 is 17.9 Å². The molecule has 0 aromatic heterocycles. The van der Waals surface area contributed by atoms with Gasteiger partial charge in [0, 0.05) is 19.3 Å². The second kappa shape index (κ2) is 42.1. The maximum Gasteiger partial charge on any atom is 0.306 e. The Morgan fingerprint density at radius 3 is 1.11 bits per heavy atom. The average Bonchev–Trinajstić information content (AvgIpc) is 3.15. The van der Waals surface area contributed by atoms with Crippen LogP contribution in [0.5, 0.6) is 0 Å². The number of carbonyl (C=O) groups excluding carboxylic acids is 3. The first-order valence-corrected chi connectivity index (χ1v) is 22.1. The third kappa shape index (κ3) is 40.4. The van der Waals surface area contributed by atoms with Crippen LogP contribution >= 0.6 is 0 Å². The second-order valence-electron chi connectivity index (χ2n) is 14.6. The summed E-state index contributed by atoms with van der Waals surface area (Å²) in [5.74, 6) is -0.929. The number of esters is 3. The zero-order valence-corrected chi connectivity index (χ0v) is 34.8. The molecule has 6 heteroatoms. The second-order valence-corrected chi connectivity index (χ2v) is 14.6. The van der Waals surface area contributed by atoms with E-state index in [9.17, 15) is 14.4 Å². The molecule has 0 heterocycles. The minimum Gasteiger partial charge on any atom is -0.462 e. The van der Waals surface area contributed by atoms with Crippen LogP contribution in [0, 0.1) is 0 Å². The molecule has 0 saturated carbocycles. The Balaban J connectivity index is 4.29. The van der Waals surface area contributed by atoms with Crippen molar-refractivity contribution in [2.75, 3.05) is 13.2 Å². The molecule has 0 amide bonds. The summed E-state index contributed by atoms with van der Waals surface area (Å²) in [6.45, 7) is 6.46. The standard InChI is InChI=1S/C47H82O6/c1-4-7-10-13-15-17-19-21-23-24-26-27-29-31-34-37-40-46(49)52-43-44(42-51-45(48)39-36-33-12-9-6-3)53-47(50)41-38-35-32-30-28-25-22-20-18-16-14-11-8-5-2/h14,16-17,19-20,22-24,44H,4-13,15,18,21,25-43H2,1-3H3/b16-14-,19-17-,22-20-,24-23-. The van der Waals surface area contributed by atoms with Crippen LogP contribution in [0.25, 0.3) is 0 Å². The molecule has 0 saturated heterocycles. The van der Waals surface area contributed by atoms with E-state index < -0.39 is 6.10 Å². The van der Waals surface area contributed by atoms with Crippen LogP contribution in [0.3, 0.4) is 0 Å². The fourth-order valence-electron chi connectivity index (χ4n) is 5.90. The lowest BCUT2D eigenvalue weighted by atomic mass is 10.1. The molecule has 0 aliphatic rings. The van der Waals surface area contributed by atoms with Crippen molar-refractivity contribution in [2.24, 2.45) is 0 Å². The Kier molecular flexibility index (Phi) is 40.0. The molecule has 0 rings (SSSR count). The van der Waals surface area contributed by atoms with Gasteiger partial charge in [0.15, 0.2) is 6.10 Å². The predicted molar refractivity (Wildman–Crippen MR) is 224 cm³/mol. The van der Waals surface area contributed by atoms with Crippen molar-refractivity contribution in [1.29, 1.82) is 0 Å². The van der Waals surface area contributed by atoms with E-state index in [1.54, 1.807) is 0 Å². The topological polar surface area (TPSA) is 78.9 Å². The highest BCUT2D eigenvalue weighted by molar-refractivity contribution is 5.71. The van der Waals surface area contributed by atoms with Gasteiger partial charge in [-0.25, -0.2) is 0 Å². The van der Waals surface area contributed by atoms with Gasteiger partial charge < -0.3 is 14.2 Å². The Labute approximate surface area is 327 Å². The van der Waals surface area contributed by atoms with Crippen molar-refractivity contribution in [1.82, 2.24) is 0 Å². The summed E-state index contributed by atoms with van der Waals surface area (Å²) in [6.07, 6.45) is 48.3. The number of allylic oxidation sites excluding steroid dienone is 8. The predicted octanol–water partition coefficient (Wildman–Crippen LogP) is 14.0. The molecule has 1 atom stereocenters. The van der Waals surface area contributed by atoms with Crippen LogP contribution in [0.4, 0.5) is 0 Å². The maximum absolute atomic E-state index is 12.6. The van der Waals surface area contributed by atoms with Crippen LogP contribution < -0.4 is 0 Å². The molecule has 6 nitrogen and oxygen atoms in total. The largest absolute Gasteiger partial charge is 0.462 e. The van der Waals surface area contributed by atoms with Crippen LogP contribution in [-0.2, 0) is 28.6 Å². The zero-order valence-electron chi connectivity index (χ0n) is 34.8. The molecule has 0 radical (unpaired) electrons. The van der Waals surface area contributed by atoms with Gasteiger partial charge in [-0.15, -0.1) is 0 Å². The SMILES string of the molecule is CCCC/C=C\C/C=C\CCCCCCCC(=O)OC(COC(=O)CCCCCCC)COC(=O)CCCCCCC/C=C\C/C=C\CCCCCC. The summed E-state index contributed by atoms with van der Waals surface area (Å²) in [7, 11) is 0. The van der Waals surface area contributed by atoms with Crippen molar-refractivity contribution in [3.63, 3.8) is 0 Å².